The second kappa shape index (κ2) is 7.42. The van der Waals surface area contributed by atoms with Crippen molar-refractivity contribution in [3.63, 3.8) is 0 Å². The lowest BCUT2D eigenvalue weighted by molar-refractivity contribution is -0.116. The molecule has 2 aromatic carbocycles. The predicted molar refractivity (Wildman–Crippen MR) is 114 cm³/mol. The van der Waals surface area contributed by atoms with Crippen LogP contribution in [0.25, 0.3) is 15.3 Å². The summed E-state index contributed by atoms with van der Waals surface area (Å²) < 4.78 is 37.1. The molecule has 31 heavy (non-hydrogen) atoms. The third-order valence-corrected chi connectivity index (χ3v) is 6.29. The molecule has 1 atom stereocenters. The number of thiazole rings is 1. The van der Waals surface area contributed by atoms with Crippen LogP contribution in [-0.4, -0.2) is 27.3 Å². The van der Waals surface area contributed by atoms with Crippen molar-refractivity contribution in [1.82, 2.24) is 14.8 Å². The third kappa shape index (κ3) is 3.25. The Kier molecular flexibility index (Phi) is 4.70. The monoisotopic (exact) mass is 440 g/mol. The summed E-state index contributed by atoms with van der Waals surface area (Å²) in [4.78, 5) is 17.1. The van der Waals surface area contributed by atoms with Crippen molar-refractivity contribution in [2.45, 2.75) is 26.2 Å². The van der Waals surface area contributed by atoms with E-state index < -0.39 is 17.6 Å². The molecule has 1 amide bonds. The number of nitrogens with one attached hydrogen (secondary N) is 1. The van der Waals surface area contributed by atoms with Gasteiger partial charge in [-0.15, -0.1) is 0 Å². The van der Waals surface area contributed by atoms with Gasteiger partial charge >= 0.3 is 0 Å². The van der Waals surface area contributed by atoms with E-state index in [-0.39, 0.29) is 17.9 Å². The van der Waals surface area contributed by atoms with Crippen LogP contribution in [0.4, 0.5) is 14.6 Å². The highest BCUT2D eigenvalue weighted by molar-refractivity contribution is 7.20. The van der Waals surface area contributed by atoms with Crippen LogP contribution in [0.15, 0.2) is 36.4 Å². The highest BCUT2D eigenvalue weighted by atomic mass is 32.1. The SMILES string of the molecule is CCOc1ccc2nc(-n3nc(C)c4c3NC(=O)C[C@H]4c3c(F)cccc3F)sc2c1. The molecular formula is C22H18F2N4O2S. The molecule has 9 heteroatoms. The van der Waals surface area contributed by atoms with Crippen LogP contribution >= 0.6 is 11.3 Å². The minimum absolute atomic E-state index is 0.0606. The van der Waals surface area contributed by atoms with Crippen LogP contribution in [0, 0.1) is 18.6 Å². The van der Waals surface area contributed by atoms with E-state index in [0.717, 1.165) is 16.0 Å². The van der Waals surface area contributed by atoms with E-state index in [1.807, 2.05) is 25.1 Å². The maximum Gasteiger partial charge on any atom is 0.226 e. The molecule has 1 aliphatic rings. The van der Waals surface area contributed by atoms with Crippen LogP contribution in [0.3, 0.4) is 0 Å². The molecule has 0 aliphatic carbocycles. The lowest BCUT2D eigenvalue weighted by Crippen LogP contribution is -2.26. The summed E-state index contributed by atoms with van der Waals surface area (Å²) in [6.07, 6.45) is -0.0606. The zero-order valence-corrected chi connectivity index (χ0v) is 17.6. The molecule has 0 bridgehead atoms. The van der Waals surface area contributed by atoms with Gasteiger partial charge in [-0.05, 0) is 44.2 Å². The maximum atomic E-state index is 14.5. The van der Waals surface area contributed by atoms with E-state index >= 15 is 0 Å². The molecule has 0 spiro atoms. The molecule has 0 radical (unpaired) electrons. The number of aromatic nitrogens is 3. The number of amides is 1. The topological polar surface area (TPSA) is 69.0 Å². The van der Waals surface area contributed by atoms with Crippen molar-refractivity contribution >= 4 is 33.3 Å². The van der Waals surface area contributed by atoms with Crippen molar-refractivity contribution < 1.29 is 18.3 Å². The first kappa shape index (κ1) is 19.6. The summed E-state index contributed by atoms with van der Waals surface area (Å²) in [6, 6.07) is 9.32. The average Bonchev–Trinajstić information content (AvgIpc) is 3.28. The van der Waals surface area contributed by atoms with E-state index in [2.05, 4.69) is 15.4 Å². The molecule has 6 nitrogen and oxygen atoms in total. The number of carbonyl (C=O) groups excluding carboxylic acids is 1. The molecule has 2 aromatic heterocycles. The van der Waals surface area contributed by atoms with Gasteiger partial charge in [-0.25, -0.2) is 13.8 Å². The van der Waals surface area contributed by atoms with Gasteiger partial charge in [0.2, 0.25) is 11.0 Å². The Hall–Kier alpha value is -3.33. The van der Waals surface area contributed by atoms with Crippen molar-refractivity contribution in [1.29, 1.82) is 0 Å². The van der Waals surface area contributed by atoms with Gasteiger partial charge in [0.15, 0.2) is 0 Å². The van der Waals surface area contributed by atoms with Gasteiger partial charge in [-0.3, -0.25) is 4.79 Å². The van der Waals surface area contributed by atoms with Gasteiger partial charge in [0.25, 0.3) is 0 Å². The van der Waals surface area contributed by atoms with E-state index in [1.54, 1.807) is 11.6 Å². The number of hydrogen-bond donors (Lipinski definition) is 1. The number of fused-ring (bicyclic) bond motifs is 2. The summed E-state index contributed by atoms with van der Waals surface area (Å²) in [7, 11) is 0. The van der Waals surface area contributed by atoms with Crippen LogP contribution in [0.1, 0.15) is 36.1 Å². The fraction of sp³-hybridized carbons (Fsp3) is 0.227. The van der Waals surface area contributed by atoms with Crippen LogP contribution < -0.4 is 10.1 Å². The molecule has 158 valence electrons. The Morgan fingerprint density at radius 2 is 2.00 bits per heavy atom. The lowest BCUT2D eigenvalue weighted by atomic mass is 9.85. The normalized spacial score (nSPS) is 15.7. The van der Waals surface area contributed by atoms with E-state index in [1.165, 1.54) is 29.5 Å². The van der Waals surface area contributed by atoms with Crippen LogP contribution in [0.5, 0.6) is 5.75 Å². The number of nitrogens with zero attached hydrogens (tertiary/aromatic N) is 3. The number of halogens is 2. The first-order chi connectivity index (χ1) is 15.0. The van der Waals surface area contributed by atoms with E-state index in [0.29, 0.717) is 28.8 Å². The minimum Gasteiger partial charge on any atom is -0.494 e. The fourth-order valence-corrected chi connectivity index (χ4v) is 4.97. The summed E-state index contributed by atoms with van der Waals surface area (Å²) in [6.45, 7) is 4.24. The van der Waals surface area contributed by atoms with Gasteiger partial charge in [0, 0.05) is 23.5 Å². The molecular weight excluding hydrogens is 422 g/mol. The largest absolute Gasteiger partial charge is 0.494 e. The van der Waals surface area contributed by atoms with Gasteiger partial charge in [0.1, 0.15) is 23.2 Å². The Balaban J connectivity index is 1.65. The maximum absolute atomic E-state index is 14.5. The summed E-state index contributed by atoms with van der Waals surface area (Å²) >= 11 is 1.39. The number of hydrogen-bond acceptors (Lipinski definition) is 5. The number of benzene rings is 2. The lowest BCUT2D eigenvalue weighted by Gasteiger charge is -2.24. The first-order valence-electron chi connectivity index (χ1n) is 9.83. The van der Waals surface area contributed by atoms with Gasteiger partial charge < -0.3 is 10.1 Å². The standard InChI is InChI=1S/C22H18F2N4O2S/c1-3-30-12-7-8-16-17(9-12)31-22(25-16)28-21-19(11(2)27-28)13(10-18(29)26-21)20-14(23)5-4-6-15(20)24/h4-9,13H,3,10H2,1-2H3,(H,26,29)/t13-/m1/s1. The predicted octanol–water partition coefficient (Wildman–Crippen LogP) is 4.94. The smallest absolute Gasteiger partial charge is 0.226 e. The zero-order valence-electron chi connectivity index (χ0n) is 16.8. The number of ether oxygens (including phenoxy) is 1. The molecule has 0 fully saturated rings. The van der Waals surface area contributed by atoms with Crippen molar-refractivity contribution in [2.75, 3.05) is 11.9 Å². The highest BCUT2D eigenvalue weighted by Crippen LogP contribution is 2.42. The number of aryl methyl sites for hydroxylation is 1. The molecule has 4 aromatic rings. The number of anilines is 1. The Morgan fingerprint density at radius 3 is 2.74 bits per heavy atom. The fourth-order valence-electron chi connectivity index (χ4n) is 4.02. The molecule has 0 saturated heterocycles. The zero-order chi connectivity index (χ0) is 21.7. The van der Waals surface area contributed by atoms with E-state index in [4.69, 9.17) is 4.74 Å². The Morgan fingerprint density at radius 1 is 1.23 bits per heavy atom. The minimum atomic E-state index is -0.766. The summed E-state index contributed by atoms with van der Waals surface area (Å²) in [5.74, 6) is -1.32. The Bertz CT molecular complexity index is 1310. The van der Waals surface area contributed by atoms with E-state index in [9.17, 15) is 13.6 Å². The Labute approximate surface area is 180 Å². The van der Waals surface area contributed by atoms with Crippen molar-refractivity contribution in [2.24, 2.45) is 0 Å². The third-order valence-electron chi connectivity index (χ3n) is 5.29. The average molecular weight is 440 g/mol. The molecule has 1 aliphatic heterocycles. The molecule has 0 saturated carbocycles. The quantitative estimate of drug-likeness (QED) is 0.488. The summed E-state index contributed by atoms with van der Waals surface area (Å²) in [5.41, 5.74) is 1.82. The van der Waals surface area contributed by atoms with Crippen molar-refractivity contribution in [3.05, 3.63) is 64.9 Å². The number of carbonyl (C=O) groups is 1. The van der Waals surface area contributed by atoms with Crippen molar-refractivity contribution in [3.8, 4) is 10.9 Å². The van der Waals surface area contributed by atoms with Gasteiger partial charge in [-0.1, -0.05) is 17.4 Å². The molecule has 0 unspecified atom stereocenters. The molecule has 3 heterocycles. The van der Waals surface area contributed by atoms with Crippen LogP contribution in [0.2, 0.25) is 0 Å². The number of rotatable bonds is 4. The van der Waals surface area contributed by atoms with Crippen LogP contribution in [-0.2, 0) is 4.79 Å². The summed E-state index contributed by atoms with van der Waals surface area (Å²) in [5, 5.41) is 7.93. The molecule has 1 N–H and O–H groups in total. The van der Waals surface area contributed by atoms with Gasteiger partial charge in [-0.2, -0.15) is 9.78 Å². The highest BCUT2D eigenvalue weighted by Gasteiger charge is 2.36. The second-order valence-corrected chi connectivity index (χ2v) is 8.27. The first-order valence-corrected chi connectivity index (χ1v) is 10.6. The second-order valence-electron chi connectivity index (χ2n) is 7.26. The van der Waals surface area contributed by atoms with Gasteiger partial charge in [0.05, 0.1) is 22.5 Å². The molecule has 5 rings (SSSR count).